The van der Waals surface area contributed by atoms with Crippen molar-refractivity contribution in [1.29, 1.82) is 5.41 Å². The molecule has 1 atom stereocenters. The summed E-state index contributed by atoms with van der Waals surface area (Å²) in [7, 11) is 0. The van der Waals surface area contributed by atoms with Gasteiger partial charge in [0.2, 0.25) is 0 Å². The predicted octanol–water partition coefficient (Wildman–Crippen LogP) is 0.958. The smallest absolute Gasteiger partial charge is 0.129 e. The number of pyridine rings is 1. The lowest BCUT2D eigenvalue weighted by atomic mass is 10.1. The van der Waals surface area contributed by atoms with Gasteiger partial charge in [0.15, 0.2) is 0 Å². The van der Waals surface area contributed by atoms with Gasteiger partial charge < -0.3 is 10.6 Å². The molecule has 0 aromatic carbocycles. The summed E-state index contributed by atoms with van der Waals surface area (Å²) in [5, 5.41) is 7.58. The first-order chi connectivity index (χ1) is 9.13. The summed E-state index contributed by atoms with van der Waals surface area (Å²) >= 11 is 0. The number of hydrogen-bond donors (Lipinski definition) is 2. The SMILES string of the molecule is Cc1cc(C(=N)N)cc(N2CCN3CCCC3C2)n1. The molecule has 0 amide bonds. The summed E-state index contributed by atoms with van der Waals surface area (Å²) in [6.07, 6.45) is 2.61. The number of rotatable bonds is 2. The normalized spacial score (nSPS) is 23.4. The van der Waals surface area contributed by atoms with Crippen LogP contribution in [0.5, 0.6) is 0 Å². The Bertz CT molecular complexity index is 499. The van der Waals surface area contributed by atoms with Gasteiger partial charge in [0, 0.05) is 36.9 Å². The lowest BCUT2D eigenvalue weighted by molar-refractivity contribution is 0.230. The van der Waals surface area contributed by atoms with Crippen LogP contribution in [0.15, 0.2) is 12.1 Å². The van der Waals surface area contributed by atoms with E-state index in [0.29, 0.717) is 6.04 Å². The first kappa shape index (κ1) is 12.4. The number of nitrogens with one attached hydrogen (secondary N) is 1. The number of fused-ring (bicyclic) bond motifs is 1. The Morgan fingerprint density at radius 1 is 1.37 bits per heavy atom. The highest BCUT2D eigenvalue weighted by Crippen LogP contribution is 2.25. The Morgan fingerprint density at radius 2 is 2.21 bits per heavy atom. The monoisotopic (exact) mass is 259 g/mol. The molecule has 3 rings (SSSR count). The van der Waals surface area contributed by atoms with Crippen molar-refractivity contribution in [2.24, 2.45) is 5.73 Å². The number of nitrogens with two attached hydrogens (primary N) is 1. The van der Waals surface area contributed by atoms with Gasteiger partial charge in [-0.1, -0.05) is 0 Å². The van der Waals surface area contributed by atoms with E-state index in [1.54, 1.807) is 0 Å². The average Bonchev–Trinajstić information content (AvgIpc) is 2.85. The zero-order valence-electron chi connectivity index (χ0n) is 11.4. The van der Waals surface area contributed by atoms with Gasteiger partial charge in [-0.2, -0.15) is 0 Å². The Balaban J connectivity index is 1.83. The predicted molar refractivity (Wildman–Crippen MR) is 76.8 cm³/mol. The van der Waals surface area contributed by atoms with E-state index in [4.69, 9.17) is 11.1 Å². The van der Waals surface area contributed by atoms with Crippen molar-refractivity contribution in [3.63, 3.8) is 0 Å². The Morgan fingerprint density at radius 3 is 3.00 bits per heavy atom. The van der Waals surface area contributed by atoms with Gasteiger partial charge in [0.25, 0.3) is 0 Å². The van der Waals surface area contributed by atoms with Crippen LogP contribution < -0.4 is 10.6 Å². The molecule has 2 aliphatic rings. The number of nitrogen functional groups attached to an aromatic ring is 1. The number of nitrogens with zero attached hydrogens (tertiary/aromatic N) is 3. The highest BCUT2D eigenvalue weighted by Gasteiger charge is 2.31. The molecule has 1 unspecified atom stereocenters. The van der Waals surface area contributed by atoms with Gasteiger partial charge in [0.05, 0.1) is 0 Å². The highest BCUT2D eigenvalue weighted by atomic mass is 15.3. The fourth-order valence-corrected chi connectivity index (χ4v) is 3.17. The van der Waals surface area contributed by atoms with Crippen molar-refractivity contribution in [3.05, 3.63) is 23.4 Å². The van der Waals surface area contributed by atoms with Crippen LogP contribution in [0.25, 0.3) is 0 Å². The van der Waals surface area contributed by atoms with Crippen LogP contribution in [-0.4, -0.2) is 47.9 Å². The zero-order chi connectivity index (χ0) is 13.4. The third-order valence-corrected chi connectivity index (χ3v) is 4.16. The van der Waals surface area contributed by atoms with E-state index in [1.165, 1.54) is 19.4 Å². The van der Waals surface area contributed by atoms with E-state index >= 15 is 0 Å². The fraction of sp³-hybridized carbons (Fsp3) is 0.571. The molecule has 0 aliphatic carbocycles. The third-order valence-electron chi connectivity index (χ3n) is 4.16. The number of anilines is 1. The van der Waals surface area contributed by atoms with E-state index in [0.717, 1.165) is 36.7 Å². The molecule has 0 bridgehead atoms. The van der Waals surface area contributed by atoms with Gasteiger partial charge in [0.1, 0.15) is 11.7 Å². The molecular weight excluding hydrogens is 238 g/mol. The Hall–Kier alpha value is -1.62. The number of aromatic nitrogens is 1. The van der Waals surface area contributed by atoms with E-state index in [2.05, 4.69) is 14.8 Å². The molecule has 0 radical (unpaired) electrons. The number of piperazine rings is 1. The maximum atomic E-state index is 7.58. The molecule has 2 saturated heterocycles. The first-order valence-electron chi connectivity index (χ1n) is 6.95. The van der Waals surface area contributed by atoms with Crippen LogP contribution in [0.1, 0.15) is 24.1 Å². The average molecular weight is 259 g/mol. The largest absolute Gasteiger partial charge is 0.384 e. The minimum absolute atomic E-state index is 0.117. The van der Waals surface area contributed by atoms with Crippen molar-refractivity contribution in [2.45, 2.75) is 25.8 Å². The summed E-state index contributed by atoms with van der Waals surface area (Å²) in [5.41, 5.74) is 7.30. The van der Waals surface area contributed by atoms with Crippen LogP contribution in [-0.2, 0) is 0 Å². The molecule has 3 N–H and O–H groups in total. The molecule has 2 aliphatic heterocycles. The van der Waals surface area contributed by atoms with Crippen molar-refractivity contribution in [3.8, 4) is 0 Å². The molecule has 0 saturated carbocycles. The second kappa shape index (κ2) is 4.81. The maximum absolute atomic E-state index is 7.58. The van der Waals surface area contributed by atoms with E-state index in [-0.39, 0.29) is 5.84 Å². The van der Waals surface area contributed by atoms with Crippen molar-refractivity contribution >= 4 is 11.7 Å². The quantitative estimate of drug-likeness (QED) is 0.613. The molecule has 1 aromatic rings. The minimum Gasteiger partial charge on any atom is -0.384 e. The van der Waals surface area contributed by atoms with Gasteiger partial charge in [-0.05, 0) is 38.4 Å². The number of amidine groups is 1. The van der Waals surface area contributed by atoms with Crippen LogP contribution in [0.2, 0.25) is 0 Å². The van der Waals surface area contributed by atoms with Crippen molar-refractivity contribution in [2.75, 3.05) is 31.1 Å². The third kappa shape index (κ3) is 2.42. The Kier molecular flexibility index (Phi) is 3.14. The lowest BCUT2D eigenvalue weighted by Crippen LogP contribution is -2.50. The molecule has 102 valence electrons. The summed E-state index contributed by atoms with van der Waals surface area (Å²) in [6, 6.07) is 4.49. The summed E-state index contributed by atoms with van der Waals surface area (Å²) < 4.78 is 0. The molecule has 5 heteroatoms. The summed E-state index contributed by atoms with van der Waals surface area (Å²) in [4.78, 5) is 9.53. The van der Waals surface area contributed by atoms with Crippen LogP contribution in [0.4, 0.5) is 5.82 Å². The minimum atomic E-state index is 0.117. The van der Waals surface area contributed by atoms with Crippen molar-refractivity contribution in [1.82, 2.24) is 9.88 Å². The standard InChI is InChI=1S/C14H21N5/c1-10-7-11(14(15)16)8-13(17-10)19-6-5-18-4-2-3-12(18)9-19/h7-8,12H,2-6,9H2,1H3,(H3,15,16). The van der Waals surface area contributed by atoms with Crippen LogP contribution in [0, 0.1) is 12.3 Å². The number of aryl methyl sites for hydroxylation is 1. The lowest BCUT2D eigenvalue weighted by Gasteiger charge is -2.38. The second-order valence-corrected chi connectivity index (χ2v) is 5.55. The topological polar surface area (TPSA) is 69.2 Å². The van der Waals surface area contributed by atoms with E-state index in [1.807, 2.05) is 19.1 Å². The van der Waals surface area contributed by atoms with E-state index < -0.39 is 0 Å². The molecule has 0 spiro atoms. The Labute approximate surface area is 113 Å². The summed E-state index contributed by atoms with van der Waals surface area (Å²) in [5.74, 6) is 1.09. The highest BCUT2D eigenvalue weighted by molar-refractivity contribution is 5.95. The molecular formula is C14H21N5. The molecule has 5 nitrogen and oxygen atoms in total. The maximum Gasteiger partial charge on any atom is 0.129 e. The van der Waals surface area contributed by atoms with Gasteiger partial charge in [-0.25, -0.2) is 4.98 Å². The van der Waals surface area contributed by atoms with Gasteiger partial charge >= 0.3 is 0 Å². The molecule has 1 aromatic heterocycles. The molecule has 2 fully saturated rings. The first-order valence-corrected chi connectivity index (χ1v) is 6.95. The fourth-order valence-electron chi connectivity index (χ4n) is 3.17. The van der Waals surface area contributed by atoms with Crippen LogP contribution >= 0.6 is 0 Å². The number of hydrogen-bond acceptors (Lipinski definition) is 4. The van der Waals surface area contributed by atoms with Crippen LogP contribution in [0.3, 0.4) is 0 Å². The van der Waals surface area contributed by atoms with Gasteiger partial charge in [-0.3, -0.25) is 10.3 Å². The molecule has 19 heavy (non-hydrogen) atoms. The molecule has 3 heterocycles. The van der Waals surface area contributed by atoms with Gasteiger partial charge in [-0.15, -0.1) is 0 Å². The van der Waals surface area contributed by atoms with Crippen molar-refractivity contribution < 1.29 is 0 Å². The second-order valence-electron chi connectivity index (χ2n) is 5.55. The van der Waals surface area contributed by atoms with E-state index in [9.17, 15) is 0 Å². The zero-order valence-corrected chi connectivity index (χ0v) is 11.4. The summed E-state index contributed by atoms with van der Waals surface area (Å²) in [6.45, 7) is 6.40.